The minimum absolute atomic E-state index is 0.281. The average Bonchev–Trinajstić information content (AvgIpc) is 2.06. The Kier molecular flexibility index (Phi) is 1.15. The lowest BCUT2D eigenvalue weighted by Gasteiger charge is -1.94. The van der Waals surface area contributed by atoms with Gasteiger partial charge in [0.1, 0.15) is 0 Å². The standard InChI is InChI=1S/C6H5N5/c7-5-4-9-10-6-8-2-1-3-11(5)6/h1-4,7H. The van der Waals surface area contributed by atoms with Crippen molar-refractivity contribution in [2.24, 2.45) is 0 Å². The van der Waals surface area contributed by atoms with Crippen LogP contribution < -0.4 is 5.49 Å². The smallest absolute Gasteiger partial charge is 0.255 e. The third-order valence-corrected chi connectivity index (χ3v) is 1.31. The molecule has 2 heterocycles. The van der Waals surface area contributed by atoms with Crippen LogP contribution in [-0.2, 0) is 0 Å². The van der Waals surface area contributed by atoms with E-state index in [0.29, 0.717) is 5.78 Å². The van der Waals surface area contributed by atoms with Crippen LogP contribution in [0, 0.1) is 5.41 Å². The Hall–Kier alpha value is -1.78. The maximum atomic E-state index is 7.38. The van der Waals surface area contributed by atoms with Crippen LogP contribution in [0.5, 0.6) is 0 Å². The van der Waals surface area contributed by atoms with Crippen LogP contribution in [-0.4, -0.2) is 19.6 Å². The first-order valence-corrected chi connectivity index (χ1v) is 3.07. The largest absolute Gasteiger partial charge is 0.283 e. The van der Waals surface area contributed by atoms with Gasteiger partial charge in [0, 0.05) is 12.4 Å². The van der Waals surface area contributed by atoms with E-state index in [4.69, 9.17) is 5.41 Å². The molecular formula is C6H5N5. The predicted molar refractivity (Wildman–Crippen MR) is 36.6 cm³/mol. The van der Waals surface area contributed by atoms with E-state index in [1.165, 1.54) is 6.20 Å². The zero-order valence-corrected chi connectivity index (χ0v) is 5.60. The molecule has 0 aliphatic carbocycles. The molecule has 2 rings (SSSR count). The normalized spacial score (nSPS) is 10.2. The summed E-state index contributed by atoms with van der Waals surface area (Å²) in [5, 5.41) is 14.7. The second kappa shape index (κ2) is 2.12. The lowest BCUT2D eigenvalue weighted by Crippen LogP contribution is -2.15. The minimum Gasteiger partial charge on any atom is -0.283 e. The van der Waals surface area contributed by atoms with Crippen LogP contribution in [0.2, 0.25) is 0 Å². The molecule has 54 valence electrons. The van der Waals surface area contributed by atoms with Crippen LogP contribution in [0.4, 0.5) is 0 Å². The Morgan fingerprint density at radius 2 is 2.36 bits per heavy atom. The van der Waals surface area contributed by atoms with E-state index in [1.807, 2.05) is 0 Å². The Bertz CT molecular complexity index is 427. The summed E-state index contributed by atoms with van der Waals surface area (Å²) in [4.78, 5) is 3.91. The zero-order chi connectivity index (χ0) is 7.68. The Labute approximate surface area is 61.9 Å². The number of nitrogens with zero attached hydrogens (tertiary/aromatic N) is 4. The van der Waals surface area contributed by atoms with Crippen molar-refractivity contribution in [3.8, 4) is 0 Å². The summed E-state index contributed by atoms with van der Waals surface area (Å²) in [7, 11) is 0. The van der Waals surface area contributed by atoms with Gasteiger partial charge in [-0.05, 0) is 6.07 Å². The van der Waals surface area contributed by atoms with Crippen molar-refractivity contribution in [3.63, 3.8) is 0 Å². The molecule has 11 heavy (non-hydrogen) atoms. The number of aromatic nitrogens is 4. The van der Waals surface area contributed by atoms with E-state index in [1.54, 1.807) is 22.9 Å². The fourth-order valence-electron chi connectivity index (χ4n) is 0.823. The number of fused-ring (bicyclic) bond motifs is 1. The van der Waals surface area contributed by atoms with Gasteiger partial charge in [0.05, 0.1) is 6.20 Å². The van der Waals surface area contributed by atoms with Crippen molar-refractivity contribution in [1.29, 1.82) is 5.41 Å². The minimum atomic E-state index is 0.281. The highest BCUT2D eigenvalue weighted by atomic mass is 15.2. The molecule has 0 radical (unpaired) electrons. The topological polar surface area (TPSA) is 66.9 Å². The molecule has 0 aliphatic rings. The first-order chi connectivity index (χ1) is 5.38. The van der Waals surface area contributed by atoms with Crippen LogP contribution in [0.25, 0.3) is 5.78 Å². The summed E-state index contributed by atoms with van der Waals surface area (Å²) >= 11 is 0. The van der Waals surface area contributed by atoms with Crippen LogP contribution in [0.15, 0.2) is 24.7 Å². The SMILES string of the molecule is N=c1cnnc2ncccn12. The fraction of sp³-hybridized carbons (Fsp3) is 0. The summed E-state index contributed by atoms with van der Waals surface area (Å²) in [5.74, 6) is 0.444. The highest BCUT2D eigenvalue weighted by Crippen LogP contribution is 1.84. The number of hydrogen-bond donors (Lipinski definition) is 1. The molecular weight excluding hydrogens is 142 g/mol. The number of nitrogens with one attached hydrogen (secondary N) is 1. The third kappa shape index (κ3) is 0.861. The molecule has 0 amide bonds. The molecule has 0 aromatic carbocycles. The van der Waals surface area contributed by atoms with Crippen molar-refractivity contribution >= 4 is 5.78 Å². The molecule has 5 heteroatoms. The lowest BCUT2D eigenvalue weighted by molar-refractivity contribution is 0.865. The van der Waals surface area contributed by atoms with Gasteiger partial charge >= 0.3 is 0 Å². The van der Waals surface area contributed by atoms with Crippen molar-refractivity contribution in [2.75, 3.05) is 0 Å². The number of hydrogen-bond acceptors (Lipinski definition) is 4. The average molecular weight is 147 g/mol. The van der Waals surface area contributed by atoms with Gasteiger partial charge in [0.2, 0.25) is 0 Å². The molecule has 0 unspecified atom stereocenters. The van der Waals surface area contributed by atoms with E-state index in [-0.39, 0.29) is 5.49 Å². The highest BCUT2D eigenvalue weighted by molar-refractivity contribution is 5.22. The Balaban J connectivity index is 3.03. The summed E-state index contributed by atoms with van der Waals surface area (Å²) in [6.45, 7) is 0. The molecule has 0 fully saturated rings. The predicted octanol–water partition coefficient (Wildman–Crippen LogP) is -0.396. The van der Waals surface area contributed by atoms with Crippen molar-refractivity contribution in [1.82, 2.24) is 19.6 Å². The molecule has 2 aromatic heterocycles. The van der Waals surface area contributed by atoms with E-state index in [0.717, 1.165) is 0 Å². The molecule has 2 aromatic rings. The van der Waals surface area contributed by atoms with Crippen LogP contribution in [0.3, 0.4) is 0 Å². The van der Waals surface area contributed by atoms with Crippen LogP contribution in [0.1, 0.15) is 0 Å². The Morgan fingerprint density at radius 3 is 3.18 bits per heavy atom. The van der Waals surface area contributed by atoms with Crippen molar-refractivity contribution in [3.05, 3.63) is 30.1 Å². The summed E-state index contributed by atoms with van der Waals surface area (Å²) in [6, 6.07) is 1.74. The summed E-state index contributed by atoms with van der Waals surface area (Å²) in [5.41, 5.74) is 0.281. The van der Waals surface area contributed by atoms with Gasteiger partial charge in [-0.3, -0.25) is 9.81 Å². The maximum Gasteiger partial charge on any atom is 0.255 e. The van der Waals surface area contributed by atoms with Gasteiger partial charge in [-0.15, -0.1) is 5.10 Å². The van der Waals surface area contributed by atoms with E-state index < -0.39 is 0 Å². The van der Waals surface area contributed by atoms with E-state index >= 15 is 0 Å². The van der Waals surface area contributed by atoms with Gasteiger partial charge in [-0.2, -0.15) is 5.10 Å². The summed E-state index contributed by atoms with van der Waals surface area (Å²) < 4.78 is 1.55. The maximum absolute atomic E-state index is 7.38. The second-order valence-electron chi connectivity index (χ2n) is 2.02. The summed E-state index contributed by atoms with van der Waals surface area (Å²) in [6.07, 6.45) is 4.71. The molecule has 0 bridgehead atoms. The first kappa shape index (κ1) is 5.96. The molecule has 0 saturated carbocycles. The van der Waals surface area contributed by atoms with Crippen LogP contribution >= 0.6 is 0 Å². The van der Waals surface area contributed by atoms with Gasteiger partial charge < -0.3 is 0 Å². The van der Waals surface area contributed by atoms with Crippen molar-refractivity contribution in [2.45, 2.75) is 0 Å². The van der Waals surface area contributed by atoms with Gasteiger partial charge in [-0.25, -0.2) is 4.98 Å². The molecule has 1 N–H and O–H groups in total. The van der Waals surface area contributed by atoms with Gasteiger partial charge in [0.25, 0.3) is 5.78 Å². The molecule has 0 atom stereocenters. The molecule has 0 saturated heterocycles. The van der Waals surface area contributed by atoms with Gasteiger partial charge in [-0.1, -0.05) is 0 Å². The highest BCUT2D eigenvalue weighted by Gasteiger charge is 1.91. The fourth-order valence-corrected chi connectivity index (χ4v) is 0.823. The quantitative estimate of drug-likeness (QED) is 0.551. The monoisotopic (exact) mass is 147 g/mol. The second-order valence-corrected chi connectivity index (χ2v) is 2.02. The number of rotatable bonds is 0. The molecule has 0 aliphatic heterocycles. The lowest BCUT2D eigenvalue weighted by atomic mass is 10.6. The molecule has 0 spiro atoms. The molecule has 5 nitrogen and oxygen atoms in total. The Morgan fingerprint density at radius 1 is 1.45 bits per heavy atom. The zero-order valence-electron chi connectivity index (χ0n) is 5.60. The van der Waals surface area contributed by atoms with E-state index in [2.05, 4.69) is 15.2 Å². The van der Waals surface area contributed by atoms with E-state index in [9.17, 15) is 0 Å². The third-order valence-electron chi connectivity index (χ3n) is 1.31. The van der Waals surface area contributed by atoms with Crippen molar-refractivity contribution < 1.29 is 0 Å². The van der Waals surface area contributed by atoms with Gasteiger partial charge in [0.15, 0.2) is 5.49 Å². The first-order valence-electron chi connectivity index (χ1n) is 3.07.